The molecular weight excluding hydrogens is 297 g/mol. The molecule has 20 heavy (non-hydrogen) atoms. The Morgan fingerprint density at radius 2 is 2.15 bits per heavy atom. The minimum absolute atomic E-state index is 0.0666. The van der Waals surface area contributed by atoms with Gasteiger partial charge in [-0.25, -0.2) is 0 Å². The maximum atomic E-state index is 12.5. The lowest BCUT2D eigenvalue weighted by molar-refractivity contribution is -0.137. The van der Waals surface area contributed by atoms with Gasteiger partial charge >= 0.3 is 6.18 Å². The second-order valence-corrected chi connectivity index (χ2v) is 5.01. The molecule has 1 aromatic carbocycles. The van der Waals surface area contributed by atoms with Gasteiger partial charge in [0.05, 0.1) is 22.9 Å². The summed E-state index contributed by atoms with van der Waals surface area (Å²) in [6.07, 6.45) is -4.14. The highest BCUT2D eigenvalue weighted by molar-refractivity contribution is 6.33. The molecule has 0 aromatic heterocycles. The fraction of sp³-hybridized carbons (Fsp3) is 0.417. The van der Waals surface area contributed by atoms with Crippen LogP contribution < -0.4 is 11.1 Å². The van der Waals surface area contributed by atoms with Crippen molar-refractivity contribution in [3.05, 3.63) is 28.8 Å². The Kier molecular flexibility index (Phi) is 3.95. The van der Waals surface area contributed by atoms with Crippen LogP contribution >= 0.6 is 11.6 Å². The number of carbonyl (C=O) groups excluding carboxylic acids is 1. The highest BCUT2D eigenvalue weighted by Gasteiger charge is 2.38. The first kappa shape index (κ1) is 15.1. The van der Waals surface area contributed by atoms with Crippen LogP contribution in [0.1, 0.15) is 12.0 Å². The van der Waals surface area contributed by atoms with Crippen molar-refractivity contribution in [2.24, 2.45) is 5.73 Å². The van der Waals surface area contributed by atoms with E-state index in [0.29, 0.717) is 13.0 Å². The second-order valence-electron chi connectivity index (χ2n) is 4.61. The zero-order chi connectivity index (χ0) is 15.0. The predicted molar refractivity (Wildman–Crippen MR) is 67.4 cm³/mol. The third kappa shape index (κ3) is 3.05. The summed E-state index contributed by atoms with van der Waals surface area (Å²) in [7, 11) is 0. The number of benzene rings is 1. The molecule has 1 amide bonds. The van der Waals surface area contributed by atoms with Crippen molar-refractivity contribution in [3.8, 4) is 0 Å². The average molecular weight is 309 g/mol. The van der Waals surface area contributed by atoms with Crippen molar-refractivity contribution >= 4 is 23.2 Å². The summed E-state index contributed by atoms with van der Waals surface area (Å²) in [5.41, 5.74) is 3.87. The maximum absolute atomic E-state index is 12.5. The molecule has 0 radical (unpaired) electrons. The van der Waals surface area contributed by atoms with Gasteiger partial charge in [0.1, 0.15) is 5.54 Å². The standard InChI is InChI=1S/C12H12ClF3N2O2/c13-8-5-7(12(14,15)16)1-2-9(8)18-10(19)11(17)3-4-20-6-11/h1-2,5H,3-4,6,17H2,(H,18,19). The van der Waals surface area contributed by atoms with E-state index in [2.05, 4.69) is 5.32 Å². The molecule has 0 saturated carbocycles. The number of ether oxygens (including phenoxy) is 1. The van der Waals surface area contributed by atoms with Crippen molar-refractivity contribution in [3.63, 3.8) is 0 Å². The van der Waals surface area contributed by atoms with E-state index in [1.807, 2.05) is 0 Å². The Hall–Kier alpha value is -1.31. The molecule has 1 unspecified atom stereocenters. The lowest BCUT2D eigenvalue weighted by Crippen LogP contribution is -2.51. The Morgan fingerprint density at radius 1 is 1.45 bits per heavy atom. The van der Waals surface area contributed by atoms with E-state index in [0.717, 1.165) is 18.2 Å². The minimum Gasteiger partial charge on any atom is -0.379 e. The summed E-state index contributed by atoms with van der Waals surface area (Å²) in [5.74, 6) is -0.531. The molecule has 0 bridgehead atoms. The van der Waals surface area contributed by atoms with Crippen LogP contribution in [0.15, 0.2) is 18.2 Å². The molecule has 1 aromatic rings. The van der Waals surface area contributed by atoms with Gasteiger partial charge in [-0.1, -0.05) is 11.6 Å². The van der Waals surface area contributed by atoms with Crippen LogP contribution in [0.25, 0.3) is 0 Å². The highest BCUT2D eigenvalue weighted by atomic mass is 35.5. The van der Waals surface area contributed by atoms with Gasteiger partial charge in [0.15, 0.2) is 0 Å². The molecule has 1 aliphatic rings. The summed E-state index contributed by atoms with van der Waals surface area (Å²) in [5, 5.41) is 2.23. The van der Waals surface area contributed by atoms with Crippen molar-refractivity contribution in [2.45, 2.75) is 18.1 Å². The average Bonchev–Trinajstić information content (AvgIpc) is 2.78. The van der Waals surface area contributed by atoms with Gasteiger partial charge < -0.3 is 15.8 Å². The summed E-state index contributed by atoms with van der Waals surface area (Å²) in [6, 6.07) is 2.70. The molecule has 1 heterocycles. The Balaban J connectivity index is 2.16. The van der Waals surface area contributed by atoms with Crippen LogP contribution in [0.4, 0.5) is 18.9 Å². The largest absolute Gasteiger partial charge is 0.416 e. The van der Waals surface area contributed by atoms with E-state index in [1.54, 1.807) is 0 Å². The summed E-state index contributed by atoms with van der Waals surface area (Å²) in [6.45, 7) is 0.432. The third-order valence-electron chi connectivity index (χ3n) is 3.05. The van der Waals surface area contributed by atoms with Gasteiger partial charge in [0, 0.05) is 6.61 Å². The SMILES string of the molecule is NC1(C(=O)Nc2ccc(C(F)(F)F)cc2Cl)CCOC1. The normalized spacial score (nSPS) is 22.9. The topological polar surface area (TPSA) is 64.4 Å². The monoisotopic (exact) mass is 308 g/mol. The predicted octanol–water partition coefficient (Wildman–Crippen LogP) is 2.42. The number of amides is 1. The molecule has 3 N–H and O–H groups in total. The van der Waals surface area contributed by atoms with E-state index in [1.165, 1.54) is 0 Å². The first-order valence-corrected chi connectivity index (χ1v) is 6.15. The van der Waals surface area contributed by atoms with Crippen molar-refractivity contribution in [1.29, 1.82) is 0 Å². The van der Waals surface area contributed by atoms with E-state index in [4.69, 9.17) is 22.1 Å². The number of hydrogen-bond acceptors (Lipinski definition) is 3. The lowest BCUT2D eigenvalue weighted by atomic mass is 9.99. The summed E-state index contributed by atoms with van der Waals surface area (Å²) in [4.78, 5) is 12.0. The molecule has 1 fully saturated rings. The van der Waals surface area contributed by atoms with Gasteiger partial charge in [-0.2, -0.15) is 13.2 Å². The molecule has 4 nitrogen and oxygen atoms in total. The van der Waals surface area contributed by atoms with E-state index in [9.17, 15) is 18.0 Å². The number of nitrogens with one attached hydrogen (secondary N) is 1. The van der Waals surface area contributed by atoms with Gasteiger partial charge in [0.25, 0.3) is 0 Å². The van der Waals surface area contributed by atoms with Crippen LogP contribution in [-0.2, 0) is 15.7 Å². The highest BCUT2D eigenvalue weighted by Crippen LogP contribution is 2.34. The first-order valence-electron chi connectivity index (χ1n) is 5.77. The summed E-state index contributed by atoms with van der Waals surface area (Å²) < 4.78 is 42.5. The molecule has 0 spiro atoms. The van der Waals surface area contributed by atoms with Crippen LogP contribution in [0.3, 0.4) is 0 Å². The molecule has 0 aliphatic carbocycles. The number of hydrogen-bond donors (Lipinski definition) is 2. The Morgan fingerprint density at radius 3 is 2.65 bits per heavy atom. The number of rotatable bonds is 2. The Bertz CT molecular complexity index is 528. The minimum atomic E-state index is -4.49. The van der Waals surface area contributed by atoms with Crippen molar-refractivity contribution in [1.82, 2.24) is 0 Å². The van der Waals surface area contributed by atoms with Crippen LogP contribution in [-0.4, -0.2) is 24.7 Å². The molecule has 110 valence electrons. The van der Waals surface area contributed by atoms with Gasteiger partial charge in [0.2, 0.25) is 5.91 Å². The zero-order valence-corrected chi connectivity index (χ0v) is 11.0. The smallest absolute Gasteiger partial charge is 0.379 e. The van der Waals surface area contributed by atoms with Gasteiger partial charge in [-0.15, -0.1) is 0 Å². The Labute approximate surface area is 118 Å². The quantitative estimate of drug-likeness (QED) is 0.882. The molecule has 8 heteroatoms. The molecule has 1 saturated heterocycles. The second kappa shape index (κ2) is 5.23. The molecule has 1 atom stereocenters. The zero-order valence-electron chi connectivity index (χ0n) is 10.3. The molecule has 2 rings (SSSR count). The number of halogens is 4. The number of alkyl halides is 3. The fourth-order valence-corrected chi connectivity index (χ4v) is 2.03. The third-order valence-corrected chi connectivity index (χ3v) is 3.36. The first-order chi connectivity index (χ1) is 9.22. The van der Waals surface area contributed by atoms with Crippen molar-refractivity contribution < 1.29 is 22.7 Å². The van der Waals surface area contributed by atoms with Crippen molar-refractivity contribution in [2.75, 3.05) is 18.5 Å². The van der Waals surface area contributed by atoms with Gasteiger partial charge in [-0.05, 0) is 24.6 Å². The maximum Gasteiger partial charge on any atom is 0.416 e. The number of nitrogens with two attached hydrogens (primary N) is 1. The van der Waals surface area contributed by atoms with E-state index in [-0.39, 0.29) is 17.3 Å². The van der Waals surface area contributed by atoms with Gasteiger partial charge in [-0.3, -0.25) is 4.79 Å². The van der Waals surface area contributed by atoms with E-state index < -0.39 is 23.2 Å². The lowest BCUT2D eigenvalue weighted by Gasteiger charge is -2.21. The molecular formula is C12H12ClF3N2O2. The van der Waals surface area contributed by atoms with Crippen LogP contribution in [0, 0.1) is 0 Å². The van der Waals surface area contributed by atoms with Crippen LogP contribution in [0.2, 0.25) is 5.02 Å². The fourth-order valence-electron chi connectivity index (χ4n) is 1.80. The van der Waals surface area contributed by atoms with Crippen LogP contribution in [0.5, 0.6) is 0 Å². The number of anilines is 1. The number of carbonyl (C=O) groups is 1. The molecule has 1 aliphatic heterocycles. The summed E-state index contributed by atoms with van der Waals surface area (Å²) >= 11 is 5.74. The van der Waals surface area contributed by atoms with E-state index >= 15 is 0 Å².